The second kappa shape index (κ2) is 8.79. The average molecular weight is 350 g/mol. The van der Waals surface area contributed by atoms with Gasteiger partial charge in [-0.1, -0.05) is 30.1 Å². The van der Waals surface area contributed by atoms with Crippen LogP contribution in [0.5, 0.6) is 0 Å². The van der Waals surface area contributed by atoms with E-state index in [0.29, 0.717) is 11.3 Å². The monoisotopic (exact) mass is 349 g/mol. The molecule has 1 nitrogen and oxygen atoms in total. The van der Waals surface area contributed by atoms with Gasteiger partial charge in [-0.25, -0.2) is 0 Å². The van der Waals surface area contributed by atoms with Gasteiger partial charge in [0.2, 0.25) is 0 Å². The Morgan fingerprint density at radius 2 is 2.20 bits per heavy atom. The molecule has 0 aromatic heterocycles. The van der Waals surface area contributed by atoms with Crippen molar-refractivity contribution in [2.24, 2.45) is 0 Å². The quantitative estimate of drug-likeness (QED) is 0.795. The first-order valence-corrected chi connectivity index (χ1v) is 10.0. The first kappa shape index (κ1) is 16.8. The van der Waals surface area contributed by atoms with E-state index in [1.165, 1.54) is 17.3 Å². The van der Waals surface area contributed by atoms with Gasteiger partial charge < -0.3 is 5.32 Å². The van der Waals surface area contributed by atoms with E-state index in [-0.39, 0.29) is 0 Å². The molecule has 1 fully saturated rings. The standard InChI is InChI=1S/C15H21Cl2NS2/c1-2-5-18-14(15-10-19-6-7-20-15)9-11-8-12(16)3-4-13(11)17/h3-4,8,14-15,18H,2,5-7,9-10H2,1H3. The maximum atomic E-state index is 6.31. The molecule has 5 heteroatoms. The van der Waals surface area contributed by atoms with Crippen molar-refractivity contribution < 1.29 is 0 Å². The Balaban J connectivity index is 2.07. The molecule has 0 saturated carbocycles. The van der Waals surface area contributed by atoms with Crippen LogP contribution in [-0.4, -0.2) is 35.1 Å². The van der Waals surface area contributed by atoms with Gasteiger partial charge in [-0.2, -0.15) is 23.5 Å². The Bertz CT molecular complexity index is 422. The molecule has 1 N–H and O–H groups in total. The van der Waals surface area contributed by atoms with Crippen LogP contribution in [0.15, 0.2) is 18.2 Å². The molecule has 0 spiro atoms. The maximum absolute atomic E-state index is 6.31. The molecule has 0 bridgehead atoms. The maximum Gasteiger partial charge on any atom is 0.0439 e. The zero-order valence-corrected chi connectivity index (χ0v) is 14.8. The molecule has 2 rings (SSSR count). The Morgan fingerprint density at radius 3 is 2.90 bits per heavy atom. The molecule has 0 amide bonds. The Labute approximate surface area is 140 Å². The second-order valence-electron chi connectivity index (χ2n) is 4.98. The Morgan fingerprint density at radius 1 is 1.35 bits per heavy atom. The summed E-state index contributed by atoms with van der Waals surface area (Å²) in [5.74, 6) is 3.76. The van der Waals surface area contributed by atoms with Crippen molar-refractivity contribution in [1.82, 2.24) is 5.32 Å². The van der Waals surface area contributed by atoms with Crippen LogP contribution in [0, 0.1) is 0 Å². The van der Waals surface area contributed by atoms with Crippen molar-refractivity contribution in [1.29, 1.82) is 0 Å². The summed E-state index contributed by atoms with van der Waals surface area (Å²) in [5.41, 5.74) is 1.16. The van der Waals surface area contributed by atoms with Crippen molar-refractivity contribution in [3.8, 4) is 0 Å². The molecule has 1 aliphatic heterocycles. The van der Waals surface area contributed by atoms with Crippen molar-refractivity contribution in [3.63, 3.8) is 0 Å². The van der Waals surface area contributed by atoms with Crippen LogP contribution in [0.4, 0.5) is 0 Å². The van der Waals surface area contributed by atoms with E-state index in [1.807, 2.05) is 18.2 Å². The first-order valence-electron chi connectivity index (χ1n) is 7.07. The number of rotatable bonds is 6. The molecular weight excluding hydrogens is 329 g/mol. The van der Waals surface area contributed by atoms with E-state index in [4.69, 9.17) is 23.2 Å². The van der Waals surface area contributed by atoms with Crippen molar-refractivity contribution in [3.05, 3.63) is 33.8 Å². The summed E-state index contributed by atoms with van der Waals surface area (Å²) in [5, 5.41) is 5.95. The topological polar surface area (TPSA) is 12.0 Å². The predicted octanol–water partition coefficient (Wildman–Crippen LogP) is 4.75. The fourth-order valence-electron chi connectivity index (χ4n) is 2.34. The molecule has 2 atom stereocenters. The molecule has 20 heavy (non-hydrogen) atoms. The van der Waals surface area contributed by atoms with Crippen LogP contribution < -0.4 is 5.32 Å². The molecule has 1 aromatic carbocycles. The van der Waals surface area contributed by atoms with Crippen LogP contribution in [0.1, 0.15) is 18.9 Å². The van der Waals surface area contributed by atoms with Crippen LogP contribution >= 0.6 is 46.7 Å². The van der Waals surface area contributed by atoms with Gasteiger partial charge in [0, 0.05) is 38.6 Å². The average Bonchev–Trinajstić information content (AvgIpc) is 2.48. The summed E-state index contributed by atoms with van der Waals surface area (Å²) in [7, 11) is 0. The molecular formula is C15H21Cl2NS2. The molecule has 1 aromatic rings. The minimum atomic E-state index is 0.476. The van der Waals surface area contributed by atoms with Crippen LogP contribution in [0.2, 0.25) is 10.0 Å². The highest BCUT2D eigenvalue weighted by Gasteiger charge is 2.25. The van der Waals surface area contributed by atoms with Gasteiger partial charge >= 0.3 is 0 Å². The third-order valence-electron chi connectivity index (χ3n) is 3.39. The lowest BCUT2D eigenvalue weighted by Gasteiger charge is -2.30. The fourth-order valence-corrected chi connectivity index (χ4v) is 5.62. The lowest BCUT2D eigenvalue weighted by molar-refractivity contribution is 0.506. The zero-order chi connectivity index (χ0) is 14.4. The lowest BCUT2D eigenvalue weighted by atomic mass is 10.0. The highest BCUT2D eigenvalue weighted by molar-refractivity contribution is 8.06. The molecule has 1 aliphatic rings. The predicted molar refractivity (Wildman–Crippen MR) is 95.8 cm³/mol. The van der Waals surface area contributed by atoms with Crippen LogP contribution in [-0.2, 0) is 6.42 Å². The molecule has 0 radical (unpaired) electrons. The third kappa shape index (κ3) is 5.03. The SMILES string of the molecule is CCCNC(Cc1cc(Cl)ccc1Cl)C1CSCCS1. The number of thioether (sulfide) groups is 2. The fraction of sp³-hybridized carbons (Fsp3) is 0.600. The van der Waals surface area contributed by atoms with Gasteiger partial charge in [0.1, 0.15) is 0 Å². The zero-order valence-electron chi connectivity index (χ0n) is 11.7. The molecule has 2 unspecified atom stereocenters. The summed E-state index contributed by atoms with van der Waals surface area (Å²) >= 11 is 16.6. The van der Waals surface area contributed by atoms with Gasteiger partial charge in [0.25, 0.3) is 0 Å². The summed E-state index contributed by atoms with van der Waals surface area (Å²) < 4.78 is 0. The third-order valence-corrected chi connectivity index (χ3v) is 6.92. The highest BCUT2D eigenvalue weighted by Crippen LogP contribution is 2.30. The minimum Gasteiger partial charge on any atom is -0.313 e. The van der Waals surface area contributed by atoms with Crippen molar-refractivity contribution >= 4 is 46.7 Å². The summed E-state index contributed by atoms with van der Waals surface area (Å²) in [6, 6.07) is 6.24. The number of halogens is 2. The van der Waals surface area contributed by atoms with E-state index < -0.39 is 0 Å². The van der Waals surface area contributed by atoms with Crippen LogP contribution in [0.3, 0.4) is 0 Å². The van der Waals surface area contributed by atoms with Gasteiger partial charge in [0.15, 0.2) is 0 Å². The normalized spacial score (nSPS) is 20.9. The van der Waals surface area contributed by atoms with E-state index in [9.17, 15) is 0 Å². The van der Waals surface area contributed by atoms with Gasteiger partial charge in [-0.3, -0.25) is 0 Å². The highest BCUT2D eigenvalue weighted by atomic mass is 35.5. The smallest absolute Gasteiger partial charge is 0.0439 e. The number of hydrogen-bond acceptors (Lipinski definition) is 3. The Kier molecular flexibility index (Phi) is 7.40. The van der Waals surface area contributed by atoms with Gasteiger partial charge in [-0.05, 0) is 43.1 Å². The number of hydrogen-bond donors (Lipinski definition) is 1. The largest absolute Gasteiger partial charge is 0.313 e. The van der Waals surface area contributed by atoms with Gasteiger partial charge in [0.05, 0.1) is 0 Å². The number of nitrogens with one attached hydrogen (secondary N) is 1. The first-order chi connectivity index (χ1) is 9.70. The molecule has 1 heterocycles. The number of benzene rings is 1. The van der Waals surface area contributed by atoms with E-state index >= 15 is 0 Å². The summed E-state index contributed by atoms with van der Waals surface area (Å²) in [6.07, 6.45) is 2.11. The van der Waals surface area contributed by atoms with Crippen molar-refractivity contribution in [2.75, 3.05) is 23.8 Å². The molecule has 112 valence electrons. The van der Waals surface area contributed by atoms with Crippen molar-refractivity contribution in [2.45, 2.75) is 31.1 Å². The summed E-state index contributed by atoms with van der Waals surface area (Å²) in [4.78, 5) is 0. The second-order valence-corrected chi connectivity index (χ2v) is 8.33. The van der Waals surface area contributed by atoms with Gasteiger partial charge in [-0.15, -0.1) is 0 Å². The molecule has 1 saturated heterocycles. The minimum absolute atomic E-state index is 0.476. The lowest BCUT2D eigenvalue weighted by Crippen LogP contribution is -2.43. The molecule has 0 aliphatic carbocycles. The summed E-state index contributed by atoms with van der Waals surface area (Å²) in [6.45, 7) is 3.27. The Hall–Kier alpha value is 0.460. The van der Waals surface area contributed by atoms with Crippen LogP contribution in [0.25, 0.3) is 0 Å². The van der Waals surface area contributed by atoms with E-state index in [0.717, 1.165) is 35.0 Å². The van der Waals surface area contributed by atoms with E-state index in [2.05, 4.69) is 35.8 Å². The van der Waals surface area contributed by atoms with E-state index in [1.54, 1.807) is 0 Å².